The molecule has 1 aliphatic rings. The van der Waals surface area contributed by atoms with Crippen molar-refractivity contribution in [2.45, 2.75) is 18.9 Å². The number of nitrogens with zero attached hydrogens (tertiary/aromatic N) is 5. The maximum Gasteiger partial charge on any atom is 0.233 e. The molecule has 0 atom stereocenters. The van der Waals surface area contributed by atoms with Crippen molar-refractivity contribution in [2.75, 3.05) is 32.4 Å². The topological polar surface area (TPSA) is 102 Å². The molecule has 1 amide bonds. The number of piperidine rings is 1. The summed E-state index contributed by atoms with van der Waals surface area (Å²) in [7, 11) is 1.68. The van der Waals surface area contributed by atoms with Crippen LogP contribution >= 0.6 is 11.3 Å². The van der Waals surface area contributed by atoms with E-state index in [0.29, 0.717) is 18.4 Å². The number of rotatable bonds is 5. The van der Waals surface area contributed by atoms with Crippen LogP contribution < -0.4 is 11.1 Å². The molecule has 1 aromatic carbocycles. The fourth-order valence-corrected chi connectivity index (χ4v) is 5.09. The van der Waals surface area contributed by atoms with Crippen molar-refractivity contribution in [3.8, 4) is 21.7 Å². The molecule has 3 N–H and O–H groups in total. The van der Waals surface area contributed by atoms with E-state index in [0.717, 1.165) is 57.8 Å². The van der Waals surface area contributed by atoms with Gasteiger partial charge in [-0.1, -0.05) is 12.1 Å². The summed E-state index contributed by atoms with van der Waals surface area (Å²) in [5.74, 6) is 0.535. The number of amides is 1. The number of hydrogen-bond donors (Lipinski definition) is 2. The van der Waals surface area contributed by atoms with Crippen LogP contribution in [0.4, 0.5) is 5.82 Å². The quantitative estimate of drug-likeness (QED) is 0.487. The molecule has 0 bridgehead atoms. The minimum Gasteiger partial charge on any atom is -0.383 e. The first kappa shape index (κ1) is 20.6. The molecule has 0 spiro atoms. The third-order valence-electron chi connectivity index (χ3n) is 5.95. The van der Waals surface area contributed by atoms with Gasteiger partial charge in [-0.2, -0.15) is 5.10 Å². The number of thiazole rings is 1. The van der Waals surface area contributed by atoms with E-state index < -0.39 is 0 Å². The number of fused-ring (bicyclic) bond motifs is 1. The van der Waals surface area contributed by atoms with E-state index >= 15 is 0 Å². The van der Waals surface area contributed by atoms with Crippen LogP contribution in [0.3, 0.4) is 0 Å². The fraction of sp³-hybridized carbons (Fsp3) is 0.304. The van der Waals surface area contributed by atoms with Gasteiger partial charge in [0.1, 0.15) is 10.8 Å². The molecule has 8 nitrogen and oxygen atoms in total. The number of pyridine rings is 1. The first-order valence-electron chi connectivity index (χ1n) is 10.7. The van der Waals surface area contributed by atoms with Gasteiger partial charge in [-0.05, 0) is 31.0 Å². The van der Waals surface area contributed by atoms with Gasteiger partial charge in [0.2, 0.25) is 5.91 Å². The Morgan fingerprint density at radius 2 is 2.03 bits per heavy atom. The van der Waals surface area contributed by atoms with E-state index in [1.165, 1.54) is 0 Å². The molecule has 4 heterocycles. The number of anilines is 1. The van der Waals surface area contributed by atoms with Crippen LogP contribution in [0, 0.1) is 0 Å². The van der Waals surface area contributed by atoms with E-state index in [4.69, 9.17) is 10.7 Å². The van der Waals surface area contributed by atoms with Crippen LogP contribution in [0.2, 0.25) is 0 Å². The number of likely N-dealkylation sites (tertiary alicyclic amines) is 1. The van der Waals surface area contributed by atoms with Gasteiger partial charge in [0.25, 0.3) is 0 Å². The lowest BCUT2D eigenvalue weighted by Gasteiger charge is -2.31. The van der Waals surface area contributed by atoms with Crippen LogP contribution in [-0.4, -0.2) is 57.2 Å². The first-order valence-corrected chi connectivity index (χ1v) is 11.5. The summed E-state index contributed by atoms with van der Waals surface area (Å²) in [5, 5.41) is 8.18. The Labute approximate surface area is 190 Å². The van der Waals surface area contributed by atoms with Crippen molar-refractivity contribution in [3.63, 3.8) is 0 Å². The summed E-state index contributed by atoms with van der Waals surface area (Å²) < 4.78 is 3.17. The summed E-state index contributed by atoms with van der Waals surface area (Å²) >= 11 is 1.62. The normalized spacial score (nSPS) is 15.3. The second kappa shape index (κ2) is 8.68. The number of nitrogen functional groups attached to an aromatic ring is 1. The van der Waals surface area contributed by atoms with Crippen LogP contribution in [0.25, 0.3) is 31.9 Å². The Hall–Kier alpha value is -3.30. The number of carbonyl (C=O) groups excluding carboxylic acids is 1. The first-order chi connectivity index (χ1) is 15.6. The number of nitrogens with one attached hydrogen (secondary N) is 1. The average Bonchev–Trinajstić information content (AvgIpc) is 3.47. The minimum atomic E-state index is 0.0598. The average molecular weight is 448 g/mol. The summed E-state index contributed by atoms with van der Waals surface area (Å²) in [6, 6.07) is 10.4. The zero-order valence-electron chi connectivity index (χ0n) is 17.9. The molecule has 0 aliphatic carbocycles. The van der Waals surface area contributed by atoms with Gasteiger partial charge >= 0.3 is 0 Å². The molecule has 1 saturated heterocycles. The van der Waals surface area contributed by atoms with Crippen LogP contribution in [0.15, 0.2) is 48.9 Å². The Balaban J connectivity index is 1.34. The van der Waals surface area contributed by atoms with Gasteiger partial charge in [-0.25, -0.2) is 9.97 Å². The summed E-state index contributed by atoms with van der Waals surface area (Å²) in [6.45, 7) is 2.23. The van der Waals surface area contributed by atoms with Crippen molar-refractivity contribution in [2.24, 2.45) is 0 Å². The predicted octanol–water partition coefficient (Wildman–Crippen LogP) is 3.19. The van der Waals surface area contributed by atoms with E-state index in [1.807, 2.05) is 35.1 Å². The highest BCUT2D eigenvalue weighted by Gasteiger charge is 2.22. The highest BCUT2D eigenvalue weighted by atomic mass is 32.1. The van der Waals surface area contributed by atoms with Crippen molar-refractivity contribution < 1.29 is 4.79 Å². The summed E-state index contributed by atoms with van der Waals surface area (Å²) in [6.07, 6.45) is 7.68. The molecule has 9 heteroatoms. The zero-order valence-corrected chi connectivity index (χ0v) is 18.7. The largest absolute Gasteiger partial charge is 0.383 e. The molecule has 0 saturated carbocycles. The molecule has 1 fully saturated rings. The number of hydrogen-bond acceptors (Lipinski definition) is 7. The SMILES string of the molecule is CNC(=O)CN1CCC(n2cc(-c3cnc(N)c(-c4nc5ccccc5s4)c3)cn2)CC1. The zero-order chi connectivity index (χ0) is 22.1. The third kappa shape index (κ3) is 4.09. The Kier molecular flexibility index (Phi) is 5.59. The summed E-state index contributed by atoms with van der Waals surface area (Å²) in [5.41, 5.74) is 9.99. The number of carbonyl (C=O) groups is 1. The van der Waals surface area contributed by atoms with E-state index in [1.54, 1.807) is 24.6 Å². The van der Waals surface area contributed by atoms with E-state index in [-0.39, 0.29) is 5.91 Å². The predicted molar refractivity (Wildman–Crippen MR) is 127 cm³/mol. The van der Waals surface area contributed by atoms with E-state index in [9.17, 15) is 4.79 Å². The molecule has 5 rings (SSSR count). The van der Waals surface area contributed by atoms with Gasteiger partial charge in [0.05, 0.1) is 34.6 Å². The minimum absolute atomic E-state index is 0.0598. The highest BCUT2D eigenvalue weighted by Crippen LogP contribution is 2.35. The molecule has 4 aromatic rings. The van der Waals surface area contributed by atoms with Gasteiger partial charge < -0.3 is 11.1 Å². The molecule has 0 radical (unpaired) electrons. The molecular weight excluding hydrogens is 422 g/mol. The summed E-state index contributed by atoms with van der Waals surface area (Å²) in [4.78, 5) is 23.0. The fourth-order valence-electron chi connectivity index (χ4n) is 4.10. The van der Waals surface area contributed by atoms with Crippen LogP contribution in [-0.2, 0) is 4.79 Å². The molecule has 1 aliphatic heterocycles. The van der Waals surface area contributed by atoms with Gasteiger partial charge in [-0.15, -0.1) is 11.3 Å². The maximum atomic E-state index is 11.6. The van der Waals surface area contributed by atoms with Crippen molar-refractivity contribution >= 4 is 33.3 Å². The lowest BCUT2D eigenvalue weighted by molar-refractivity contribution is -0.122. The smallest absolute Gasteiger partial charge is 0.233 e. The third-order valence-corrected chi connectivity index (χ3v) is 7.02. The number of aromatic nitrogens is 4. The lowest BCUT2D eigenvalue weighted by Crippen LogP contribution is -2.41. The lowest BCUT2D eigenvalue weighted by atomic mass is 10.1. The monoisotopic (exact) mass is 447 g/mol. The molecular formula is C23H25N7OS. The maximum absolute atomic E-state index is 11.6. The molecule has 164 valence electrons. The number of para-hydroxylation sites is 1. The second-order valence-electron chi connectivity index (χ2n) is 8.03. The number of likely N-dealkylation sites (N-methyl/N-ethyl adjacent to an activating group) is 1. The highest BCUT2D eigenvalue weighted by molar-refractivity contribution is 7.21. The van der Waals surface area contributed by atoms with Crippen LogP contribution in [0.5, 0.6) is 0 Å². The van der Waals surface area contributed by atoms with Gasteiger partial charge in [0, 0.05) is 43.7 Å². The van der Waals surface area contributed by atoms with Crippen molar-refractivity contribution in [3.05, 3.63) is 48.9 Å². The second-order valence-corrected chi connectivity index (χ2v) is 9.06. The number of nitrogens with two attached hydrogens (primary N) is 1. The van der Waals surface area contributed by atoms with Crippen molar-refractivity contribution in [1.82, 2.24) is 30.0 Å². The number of benzene rings is 1. The van der Waals surface area contributed by atoms with Crippen molar-refractivity contribution in [1.29, 1.82) is 0 Å². The van der Waals surface area contributed by atoms with Gasteiger partial charge in [0.15, 0.2) is 0 Å². The van der Waals surface area contributed by atoms with Gasteiger partial charge in [-0.3, -0.25) is 14.4 Å². The van der Waals surface area contributed by atoms with Crippen LogP contribution in [0.1, 0.15) is 18.9 Å². The Morgan fingerprint density at radius 1 is 1.22 bits per heavy atom. The Bertz CT molecular complexity index is 1220. The Morgan fingerprint density at radius 3 is 2.81 bits per heavy atom. The molecule has 0 unspecified atom stereocenters. The molecule has 3 aromatic heterocycles. The molecule has 32 heavy (non-hydrogen) atoms. The standard InChI is InChI=1S/C23H25N7OS/c1-25-21(31)14-29-8-6-17(7-9-29)30-13-16(12-27-30)15-10-18(22(24)26-11-15)23-28-19-4-2-3-5-20(19)32-23/h2-5,10-13,17H,6-9,14H2,1H3,(H2,24,26)(H,25,31). The van der Waals surface area contributed by atoms with E-state index in [2.05, 4.69) is 32.6 Å².